The van der Waals surface area contributed by atoms with Gasteiger partial charge in [-0.15, -0.1) is 11.3 Å². The maximum absolute atomic E-state index is 12.8. The second kappa shape index (κ2) is 9.65. The van der Waals surface area contributed by atoms with Gasteiger partial charge in [0.2, 0.25) is 5.91 Å². The summed E-state index contributed by atoms with van der Waals surface area (Å²) in [5, 5.41) is 6.15. The van der Waals surface area contributed by atoms with Crippen molar-refractivity contribution in [1.82, 2.24) is 9.88 Å². The minimum atomic E-state index is -0.127. The molecule has 5 nitrogen and oxygen atoms in total. The average molecular weight is 482 g/mol. The molecule has 1 aromatic heterocycles. The van der Waals surface area contributed by atoms with Gasteiger partial charge in [0.1, 0.15) is 0 Å². The Labute approximate surface area is 203 Å². The number of carbonyl (C=O) groups is 2. The van der Waals surface area contributed by atoms with E-state index in [0.717, 1.165) is 11.3 Å². The van der Waals surface area contributed by atoms with Crippen LogP contribution in [-0.4, -0.2) is 34.8 Å². The molecule has 3 aromatic rings. The van der Waals surface area contributed by atoms with Gasteiger partial charge in [0.25, 0.3) is 5.91 Å². The second-order valence-corrected chi connectivity index (χ2v) is 10.7. The SMILES string of the molecule is CC(C)(C)c1ccc(-c2csc(NC(=O)C3CCN(C(=O)c4ccc(Cl)cc4)CC3)n2)cc1. The molecule has 33 heavy (non-hydrogen) atoms. The van der Waals surface area contributed by atoms with Crippen LogP contribution in [0.1, 0.15) is 49.5 Å². The lowest BCUT2D eigenvalue weighted by Gasteiger charge is -2.31. The lowest BCUT2D eigenvalue weighted by atomic mass is 9.86. The number of aromatic nitrogens is 1. The van der Waals surface area contributed by atoms with Gasteiger partial charge in [-0.1, -0.05) is 56.6 Å². The van der Waals surface area contributed by atoms with Gasteiger partial charge in [-0.3, -0.25) is 9.59 Å². The molecular formula is C26H28ClN3O2S. The summed E-state index contributed by atoms with van der Waals surface area (Å²) in [6, 6.07) is 15.3. The highest BCUT2D eigenvalue weighted by atomic mass is 35.5. The zero-order valence-electron chi connectivity index (χ0n) is 19.1. The Hall–Kier alpha value is -2.70. The highest BCUT2D eigenvalue weighted by Gasteiger charge is 2.28. The third-order valence-electron chi connectivity index (χ3n) is 6.03. The van der Waals surface area contributed by atoms with Gasteiger partial charge in [0, 0.05) is 40.5 Å². The number of rotatable bonds is 4. The number of benzene rings is 2. The van der Waals surface area contributed by atoms with Gasteiger partial charge < -0.3 is 10.2 Å². The van der Waals surface area contributed by atoms with Crippen LogP contribution in [0.5, 0.6) is 0 Å². The summed E-state index contributed by atoms with van der Waals surface area (Å²) in [6.45, 7) is 7.69. The van der Waals surface area contributed by atoms with Crippen LogP contribution in [0.15, 0.2) is 53.9 Å². The first-order valence-electron chi connectivity index (χ1n) is 11.1. The summed E-state index contributed by atoms with van der Waals surface area (Å²) >= 11 is 7.34. The zero-order valence-corrected chi connectivity index (χ0v) is 20.7. The maximum Gasteiger partial charge on any atom is 0.253 e. The first-order valence-corrected chi connectivity index (χ1v) is 12.4. The number of thiazole rings is 1. The number of likely N-dealkylation sites (tertiary alicyclic amines) is 1. The molecule has 0 spiro atoms. The number of halogens is 1. The fourth-order valence-electron chi connectivity index (χ4n) is 3.93. The summed E-state index contributed by atoms with van der Waals surface area (Å²) in [5.74, 6) is -0.178. The number of anilines is 1. The largest absolute Gasteiger partial charge is 0.339 e. The van der Waals surface area contributed by atoms with Gasteiger partial charge in [0.05, 0.1) is 5.69 Å². The van der Waals surface area contributed by atoms with E-state index in [0.29, 0.717) is 41.6 Å². The third kappa shape index (κ3) is 5.63. The van der Waals surface area contributed by atoms with Gasteiger partial charge >= 0.3 is 0 Å². The number of piperidine rings is 1. The summed E-state index contributed by atoms with van der Waals surface area (Å²) in [6.07, 6.45) is 1.27. The van der Waals surface area contributed by atoms with Crippen LogP contribution < -0.4 is 5.32 Å². The third-order valence-corrected chi connectivity index (χ3v) is 7.03. The van der Waals surface area contributed by atoms with Gasteiger partial charge in [-0.05, 0) is 48.1 Å². The molecule has 1 aliphatic rings. The van der Waals surface area contributed by atoms with E-state index in [2.05, 4.69) is 55.3 Å². The molecule has 7 heteroatoms. The van der Waals surface area contributed by atoms with Crippen LogP contribution in [0.4, 0.5) is 5.13 Å². The molecule has 2 amide bonds. The van der Waals surface area contributed by atoms with E-state index in [1.807, 2.05) is 5.38 Å². The number of hydrogen-bond acceptors (Lipinski definition) is 4. The minimum absolute atomic E-state index is 0.0208. The molecule has 0 aliphatic carbocycles. The van der Waals surface area contributed by atoms with Crippen LogP contribution in [0.2, 0.25) is 5.02 Å². The lowest BCUT2D eigenvalue weighted by molar-refractivity contribution is -0.121. The molecule has 1 aliphatic heterocycles. The first kappa shape index (κ1) is 23.5. The van der Waals surface area contributed by atoms with E-state index in [1.165, 1.54) is 16.9 Å². The number of amides is 2. The molecule has 1 saturated heterocycles. The number of hydrogen-bond donors (Lipinski definition) is 1. The molecule has 1 fully saturated rings. The van der Waals surface area contributed by atoms with Gasteiger partial charge in [-0.25, -0.2) is 4.98 Å². The Morgan fingerprint density at radius 3 is 2.27 bits per heavy atom. The van der Waals surface area contributed by atoms with Crippen LogP contribution >= 0.6 is 22.9 Å². The molecule has 2 aromatic carbocycles. The molecule has 0 unspecified atom stereocenters. The van der Waals surface area contributed by atoms with Crippen LogP contribution in [-0.2, 0) is 10.2 Å². The van der Waals surface area contributed by atoms with Crippen molar-refractivity contribution in [2.45, 2.75) is 39.0 Å². The Balaban J connectivity index is 1.32. The van der Waals surface area contributed by atoms with Crippen molar-refractivity contribution < 1.29 is 9.59 Å². The zero-order chi connectivity index (χ0) is 23.6. The fourth-order valence-corrected chi connectivity index (χ4v) is 4.78. The second-order valence-electron chi connectivity index (χ2n) is 9.43. The van der Waals surface area contributed by atoms with Crippen molar-refractivity contribution in [2.75, 3.05) is 18.4 Å². The summed E-state index contributed by atoms with van der Waals surface area (Å²) in [4.78, 5) is 31.9. The van der Waals surface area contributed by atoms with E-state index in [-0.39, 0.29) is 23.1 Å². The summed E-state index contributed by atoms with van der Waals surface area (Å²) in [7, 11) is 0. The standard InChI is InChI=1S/C26H28ClN3O2S/c1-26(2,3)20-8-4-17(5-9-20)22-16-33-25(28-22)29-23(31)18-12-14-30(15-13-18)24(32)19-6-10-21(27)11-7-19/h4-11,16,18H,12-15H2,1-3H3,(H,28,29,31). The van der Waals surface area contributed by atoms with E-state index in [1.54, 1.807) is 29.2 Å². The highest BCUT2D eigenvalue weighted by molar-refractivity contribution is 7.14. The molecule has 1 N–H and O–H groups in total. The topological polar surface area (TPSA) is 62.3 Å². The van der Waals surface area contributed by atoms with E-state index < -0.39 is 0 Å². The summed E-state index contributed by atoms with van der Waals surface area (Å²) < 4.78 is 0. The predicted octanol–water partition coefficient (Wildman–Crippen LogP) is 6.25. The summed E-state index contributed by atoms with van der Waals surface area (Å²) in [5.41, 5.74) is 3.89. The molecule has 4 rings (SSSR count). The lowest BCUT2D eigenvalue weighted by Crippen LogP contribution is -2.41. The number of nitrogens with zero attached hydrogens (tertiary/aromatic N) is 2. The van der Waals surface area contributed by atoms with E-state index >= 15 is 0 Å². The quantitative estimate of drug-likeness (QED) is 0.479. The Kier molecular flexibility index (Phi) is 6.86. The molecule has 0 saturated carbocycles. The molecule has 0 radical (unpaired) electrons. The monoisotopic (exact) mass is 481 g/mol. The molecule has 0 atom stereocenters. The van der Waals surface area contributed by atoms with Crippen molar-refractivity contribution in [2.24, 2.45) is 5.92 Å². The normalized spacial score (nSPS) is 14.8. The molecule has 0 bridgehead atoms. The van der Waals surface area contributed by atoms with Crippen molar-refractivity contribution >= 4 is 39.9 Å². The molecule has 172 valence electrons. The van der Waals surface area contributed by atoms with E-state index in [9.17, 15) is 9.59 Å². The predicted molar refractivity (Wildman–Crippen MR) is 135 cm³/mol. The Bertz CT molecular complexity index is 1130. The van der Waals surface area contributed by atoms with Gasteiger partial charge in [-0.2, -0.15) is 0 Å². The molecule has 2 heterocycles. The van der Waals surface area contributed by atoms with Gasteiger partial charge in [0.15, 0.2) is 5.13 Å². The number of carbonyl (C=O) groups excluding carboxylic acids is 2. The minimum Gasteiger partial charge on any atom is -0.339 e. The number of nitrogens with one attached hydrogen (secondary N) is 1. The Morgan fingerprint density at radius 2 is 1.67 bits per heavy atom. The fraction of sp³-hybridized carbons (Fsp3) is 0.346. The van der Waals surface area contributed by atoms with Crippen molar-refractivity contribution in [3.8, 4) is 11.3 Å². The molecular weight excluding hydrogens is 454 g/mol. The van der Waals surface area contributed by atoms with Crippen molar-refractivity contribution in [3.05, 3.63) is 70.1 Å². The van der Waals surface area contributed by atoms with Crippen LogP contribution in [0, 0.1) is 5.92 Å². The first-order chi connectivity index (χ1) is 15.7. The van der Waals surface area contributed by atoms with Crippen LogP contribution in [0.25, 0.3) is 11.3 Å². The van der Waals surface area contributed by atoms with Crippen LogP contribution in [0.3, 0.4) is 0 Å². The highest BCUT2D eigenvalue weighted by Crippen LogP contribution is 2.29. The van der Waals surface area contributed by atoms with Crippen molar-refractivity contribution in [3.63, 3.8) is 0 Å². The Morgan fingerprint density at radius 1 is 1.03 bits per heavy atom. The van der Waals surface area contributed by atoms with E-state index in [4.69, 9.17) is 11.6 Å². The van der Waals surface area contributed by atoms with Crippen molar-refractivity contribution in [1.29, 1.82) is 0 Å². The average Bonchev–Trinajstić information content (AvgIpc) is 3.27. The smallest absolute Gasteiger partial charge is 0.253 e. The maximum atomic E-state index is 12.8.